The van der Waals surface area contributed by atoms with Crippen molar-refractivity contribution in [3.8, 4) is 16.3 Å². The van der Waals surface area contributed by atoms with Crippen LogP contribution >= 0.6 is 11.3 Å². The highest BCUT2D eigenvalue weighted by atomic mass is 32.1. The summed E-state index contributed by atoms with van der Waals surface area (Å²) in [5, 5.41) is 3.83. The SMILES string of the molecule is CC(=O)c1ccc(OCC(=O)NCc2sc(-c3ccccc3C)nc2C)cc1. The Hall–Kier alpha value is -2.99. The normalized spacial score (nSPS) is 10.5. The Balaban J connectivity index is 1.55. The van der Waals surface area contributed by atoms with Crippen molar-refractivity contribution in [1.29, 1.82) is 0 Å². The van der Waals surface area contributed by atoms with E-state index in [2.05, 4.69) is 29.4 Å². The molecule has 0 aliphatic rings. The molecule has 0 aliphatic heterocycles. The van der Waals surface area contributed by atoms with Gasteiger partial charge in [-0.25, -0.2) is 4.98 Å². The number of hydrogen-bond donors (Lipinski definition) is 1. The lowest BCUT2D eigenvalue weighted by molar-refractivity contribution is -0.123. The first-order valence-corrected chi connectivity index (χ1v) is 9.78. The van der Waals surface area contributed by atoms with Crippen LogP contribution in [0.15, 0.2) is 48.5 Å². The van der Waals surface area contributed by atoms with Crippen molar-refractivity contribution >= 4 is 23.0 Å². The Kier molecular flexibility index (Phi) is 6.21. The van der Waals surface area contributed by atoms with Gasteiger partial charge in [0.05, 0.1) is 12.2 Å². The highest BCUT2D eigenvalue weighted by molar-refractivity contribution is 7.15. The van der Waals surface area contributed by atoms with Crippen molar-refractivity contribution in [2.45, 2.75) is 27.3 Å². The van der Waals surface area contributed by atoms with Crippen LogP contribution in [0.25, 0.3) is 10.6 Å². The lowest BCUT2D eigenvalue weighted by atomic mass is 10.1. The van der Waals surface area contributed by atoms with Crippen molar-refractivity contribution in [1.82, 2.24) is 10.3 Å². The van der Waals surface area contributed by atoms with Crippen LogP contribution in [-0.2, 0) is 11.3 Å². The molecule has 1 amide bonds. The number of hydrogen-bond acceptors (Lipinski definition) is 5. The number of nitrogens with one attached hydrogen (secondary N) is 1. The highest BCUT2D eigenvalue weighted by Crippen LogP contribution is 2.29. The van der Waals surface area contributed by atoms with Crippen molar-refractivity contribution in [3.63, 3.8) is 0 Å². The number of thiazole rings is 1. The van der Waals surface area contributed by atoms with Crippen molar-refractivity contribution in [3.05, 3.63) is 70.2 Å². The second kappa shape index (κ2) is 8.80. The number of rotatable bonds is 7. The van der Waals surface area contributed by atoms with Gasteiger partial charge in [0.25, 0.3) is 5.91 Å². The largest absolute Gasteiger partial charge is 0.484 e. The van der Waals surface area contributed by atoms with Crippen LogP contribution in [0.4, 0.5) is 0 Å². The van der Waals surface area contributed by atoms with Gasteiger partial charge in [-0.05, 0) is 50.6 Å². The van der Waals surface area contributed by atoms with Gasteiger partial charge in [-0.2, -0.15) is 0 Å². The molecule has 0 atom stereocenters. The van der Waals surface area contributed by atoms with E-state index in [0.29, 0.717) is 17.9 Å². The summed E-state index contributed by atoms with van der Waals surface area (Å²) in [6.45, 7) is 5.86. The molecule has 3 rings (SSSR count). The van der Waals surface area contributed by atoms with Crippen LogP contribution in [0.5, 0.6) is 5.75 Å². The summed E-state index contributed by atoms with van der Waals surface area (Å²) >= 11 is 1.59. The second-order valence-electron chi connectivity index (χ2n) is 6.49. The van der Waals surface area contributed by atoms with Crippen molar-refractivity contribution in [2.75, 3.05) is 6.61 Å². The summed E-state index contributed by atoms with van der Waals surface area (Å²) in [7, 11) is 0. The van der Waals surface area contributed by atoms with Crippen molar-refractivity contribution < 1.29 is 14.3 Å². The number of ether oxygens (including phenoxy) is 1. The summed E-state index contributed by atoms with van der Waals surface area (Å²) in [5.74, 6) is 0.339. The Morgan fingerprint density at radius 3 is 2.46 bits per heavy atom. The zero-order valence-corrected chi connectivity index (χ0v) is 16.9. The van der Waals surface area contributed by atoms with E-state index in [-0.39, 0.29) is 18.3 Å². The Morgan fingerprint density at radius 2 is 1.79 bits per heavy atom. The highest BCUT2D eigenvalue weighted by Gasteiger charge is 2.12. The number of nitrogens with zero attached hydrogens (tertiary/aromatic N) is 1. The number of amides is 1. The van der Waals surface area contributed by atoms with E-state index in [1.807, 2.05) is 19.1 Å². The molecule has 28 heavy (non-hydrogen) atoms. The van der Waals surface area contributed by atoms with Gasteiger partial charge >= 0.3 is 0 Å². The summed E-state index contributed by atoms with van der Waals surface area (Å²) in [6.07, 6.45) is 0. The van der Waals surface area contributed by atoms with Gasteiger partial charge in [-0.3, -0.25) is 9.59 Å². The van der Waals surface area contributed by atoms with Gasteiger partial charge in [0, 0.05) is 16.0 Å². The molecule has 0 saturated heterocycles. The van der Waals surface area contributed by atoms with E-state index in [1.54, 1.807) is 35.6 Å². The molecular weight excluding hydrogens is 372 g/mol. The third kappa shape index (κ3) is 4.84. The first kappa shape index (κ1) is 19.8. The van der Waals surface area contributed by atoms with E-state index < -0.39 is 0 Å². The molecule has 5 nitrogen and oxygen atoms in total. The van der Waals surface area contributed by atoms with Crippen LogP contribution in [0.1, 0.15) is 33.4 Å². The molecule has 0 spiro atoms. The van der Waals surface area contributed by atoms with E-state index in [0.717, 1.165) is 21.1 Å². The fourth-order valence-corrected chi connectivity index (χ4v) is 3.78. The van der Waals surface area contributed by atoms with E-state index in [1.165, 1.54) is 12.5 Å². The average Bonchev–Trinajstić information content (AvgIpc) is 3.05. The van der Waals surface area contributed by atoms with E-state index in [4.69, 9.17) is 4.74 Å². The van der Waals surface area contributed by atoms with Gasteiger partial charge in [0.15, 0.2) is 12.4 Å². The predicted octanol–water partition coefficient (Wildman–Crippen LogP) is 4.32. The summed E-state index contributed by atoms with van der Waals surface area (Å²) in [5.41, 5.74) is 3.83. The molecule has 0 aliphatic carbocycles. The smallest absolute Gasteiger partial charge is 0.258 e. The first-order chi connectivity index (χ1) is 13.4. The number of Topliss-reactive ketones (excluding diaryl/α,β-unsaturated/α-hetero) is 1. The monoisotopic (exact) mass is 394 g/mol. The lowest BCUT2D eigenvalue weighted by Crippen LogP contribution is -2.28. The molecule has 144 valence electrons. The predicted molar refractivity (Wildman–Crippen MR) is 111 cm³/mol. The maximum atomic E-state index is 12.1. The molecule has 0 fully saturated rings. The minimum Gasteiger partial charge on any atom is -0.484 e. The van der Waals surface area contributed by atoms with Crippen LogP contribution in [0.3, 0.4) is 0 Å². The Labute approximate surface area is 168 Å². The first-order valence-electron chi connectivity index (χ1n) is 8.97. The third-order valence-corrected chi connectivity index (χ3v) is 5.54. The third-order valence-electron chi connectivity index (χ3n) is 4.35. The number of ketones is 1. The topological polar surface area (TPSA) is 68.3 Å². The minimum atomic E-state index is -0.208. The van der Waals surface area contributed by atoms with E-state index in [9.17, 15) is 9.59 Å². The quantitative estimate of drug-likeness (QED) is 0.606. The number of aryl methyl sites for hydroxylation is 2. The molecule has 2 aromatic carbocycles. The van der Waals surface area contributed by atoms with Crippen LogP contribution in [-0.4, -0.2) is 23.3 Å². The van der Waals surface area contributed by atoms with Crippen LogP contribution < -0.4 is 10.1 Å². The fourth-order valence-electron chi connectivity index (χ4n) is 2.68. The molecule has 0 bridgehead atoms. The molecular formula is C22H22N2O3S. The number of carbonyl (C=O) groups is 2. The van der Waals surface area contributed by atoms with Gasteiger partial charge in [-0.15, -0.1) is 11.3 Å². The fraction of sp³-hybridized carbons (Fsp3) is 0.227. The molecule has 6 heteroatoms. The van der Waals surface area contributed by atoms with Crippen LogP contribution in [0.2, 0.25) is 0 Å². The Morgan fingerprint density at radius 1 is 1.07 bits per heavy atom. The number of carbonyl (C=O) groups excluding carboxylic acids is 2. The zero-order chi connectivity index (χ0) is 20.1. The Bertz CT molecular complexity index is 993. The second-order valence-corrected chi connectivity index (χ2v) is 7.57. The summed E-state index contributed by atoms with van der Waals surface area (Å²) < 4.78 is 5.48. The number of aromatic nitrogens is 1. The molecule has 0 unspecified atom stereocenters. The van der Waals surface area contributed by atoms with Gasteiger partial charge in [-0.1, -0.05) is 24.3 Å². The van der Waals surface area contributed by atoms with Gasteiger partial charge in [0.1, 0.15) is 10.8 Å². The summed E-state index contributed by atoms with van der Waals surface area (Å²) in [6, 6.07) is 14.9. The molecule has 1 aromatic heterocycles. The minimum absolute atomic E-state index is 0.00529. The van der Waals surface area contributed by atoms with E-state index >= 15 is 0 Å². The summed E-state index contributed by atoms with van der Waals surface area (Å²) in [4.78, 5) is 29.0. The average molecular weight is 394 g/mol. The maximum Gasteiger partial charge on any atom is 0.258 e. The molecule has 0 radical (unpaired) electrons. The molecule has 1 N–H and O–H groups in total. The molecule has 1 heterocycles. The maximum absolute atomic E-state index is 12.1. The molecule has 3 aromatic rings. The lowest BCUT2D eigenvalue weighted by Gasteiger charge is -2.07. The van der Waals surface area contributed by atoms with Crippen LogP contribution in [0, 0.1) is 13.8 Å². The van der Waals surface area contributed by atoms with Crippen molar-refractivity contribution in [2.24, 2.45) is 0 Å². The standard InChI is InChI=1S/C22H22N2O3S/c1-14-6-4-5-7-19(14)22-24-15(2)20(28-22)12-23-21(26)13-27-18-10-8-17(9-11-18)16(3)25/h4-11H,12-13H2,1-3H3,(H,23,26). The van der Waals surface area contributed by atoms with Gasteiger partial charge < -0.3 is 10.1 Å². The zero-order valence-electron chi connectivity index (χ0n) is 16.1. The number of benzene rings is 2. The van der Waals surface area contributed by atoms with Gasteiger partial charge in [0.2, 0.25) is 0 Å². The molecule has 0 saturated carbocycles.